The molecule has 2 aliphatic rings. The smallest absolute Gasteiger partial charge is 0.227 e. The maximum Gasteiger partial charge on any atom is 0.227 e. The van der Waals surface area contributed by atoms with Crippen molar-refractivity contribution in [2.45, 2.75) is 31.7 Å². The molecule has 2 saturated heterocycles. The number of likely N-dealkylation sites (tertiary alicyclic amines) is 1. The highest BCUT2D eigenvalue weighted by atomic mass is 79.9. The molecule has 5 rings (SSSR count). The number of aliphatic hydroxyl groups is 1. The molecule has 0 amide bonds. The number of aliphatic hydroxyl groups excluding tert-OH is 1. The molecular formula is C27H32BrF2N5O3. The van der Waals surface area contributed by atoms with E-state index in [-0.39, 0.29) is 18.1 Å². The minimum atomic E-state index is -0.741. The quantitative estimate of drug-likeness (QED) is 0.392. The first-order chi connectivity index (χ1) is 18.4. The number of nitrogens with zero attached hydrogens (tertiary/aromatic N) is 4. The molecule has 1 aromatic heterocycles. The van der Waals surface area contributed by atoms with Gasteiger partial charge in [-0.1, -0.05) is 15.9 Å². The van der Waals surface area contributed by atoms with Crippen molar-refractivity contribution in [1.82, 2.24) is 14.9 Å². The Bertz CT molecular complexity index is 1280. The number of hydrogen-bond acceptors (Lipinski definition) is 8. The van der Waals surface area contributed by atoms with Gasteiger partial charge in [0.2, 0.25) is 5.95 Å². The molecule has 0 saturated carbocycles. The lowest BCUT2D eigenvalue weighted by atomic mass is 9.94. The molecule has 0 radical (unpaired) electrons. The number of fused-ring (bicyclic) bond motifs is 1. The topological polar surface area (TPSA) is 83.0 Å². The lowest BCUT2D eigenvalue weighted by molar-refractivity contribution is 0.0776. The van der Waals surface area contributed by atoms with Gasteiger partial charge >= 0.3 is 0 Å². The van der Waals surface area contributed by atoms with Crippen molar-refractivity contribution in [3.8, 4) is 11.5 Å². The first-order valence-electron chi connectivity index (χ1n) is 12.8. The van der Waals surface area contributed by atoms with Crippen molar-refractivity contribution < 1.29 is 23.4 Å². The van der Waals surface area contributed by atoms with E-state index in [0.29, 0.717) is 44.8 Å². The van der Waals surface area contributed by atoms with E-state index in [9.17, 15) is 13.9 Å². The number of hydrogen-bond donors (Lipinski definition) is 2. The Morgan fingerprint density at radius 3 is 2.34 bits per heavy atom. The van der Waals surface area contributed by atoms with E-state index in [4.69, 9.17) is 19.4 Å². The zero-order valence-corrected chi connectivity index (χ0v) is 23.1. The third-order valence-electron chi connectivity index (χ3n) is 7.51. The van der Waals surface area contributed by atoms with Gasteiger partial charge in [-0.05, 0) is 56.3 Å². The minimum absolute atomic E-state index is 0.240. The van der Waals surface area contributed by atoms with E-state index in [1.54, 1.807) is 19.2 Å². The molecular weight excluding hydrogens is 560 g/mol. The average Bonchev–Trinajstić information content (AvgIpc) is 2.94. The molecule has 8 nitrogen and oxygen atoms in total. The fraction of sp³-hybridized carbons (Fsp3) is 0.481. The number of anilines is 3. The van der Waals surface area contributed by atoms with Gasteiger partial charge in [0, 0.05) is 48.2 Å². The summed E-state index contributed by atoms with van der Waals surface area (Å²) in [5.74, 6) is 0.581. The number of benzene rings is 2. The van der Waals surface area contributed by atoms with Gasteiger partial charge in [0.1, 0.15) is 11.5 Å². The number of ether oxygens (including phenoxy) is 2. The van der Waals surface area contributed by atoms with E-state index < -0.39 is 11.6 Å². The van der Waals surface area contributed by atoms with Gasteiger partial charge in [0.15, 0.2) is 23.1 Å². The lowest BCUT2D eigenvalue weighted by Gasteiger charge is -2.42. The molecule has 2 fully saturated rings. The summed E-state index contributed by atoms with van der Waals surface area (Å²) in [7, 11) is 3.07. The fourth-order valence-corrected chi connectivity index (χ4v) is 5.87. The first-order valence-corrected chi connectivity index (χ1v) is 13.6. The van der Waals surface area contributed by atoms with Crippen molar-refractivity contribution in [3.05, 3.63) is 40.4 Å². The van der Waals surface area contributed by atoms with Crippen LogP contribution in [-0.2, 0) is 0 Å². The largest absolute Gasteiger partial charge is 0.493 e. The summed E-state index contributed by atoms with van der Waals surface area (Å²) in [6.45, 7) is 3.75. The van der Waals surface area contributed by atoms with Crippen LogP contribution >= 0.6 is 15.9 Å². The fourth-order valence-electron chi connectivity index (χ4n) is 5.47. The Morgan fingerprint density at radius 1 is 1.00 bits per heavy atom. The lowest BCUT2D eigenvalue weighted by Crippen LogP contribution is -2.49. The summed E-state index contributed by atoms with van der Waals surface area (Å²) in [6.07, 6.45) is 4.09. The second kappa shape index (κ2) is 11.5. The number of aromatic nitrogens is 2. The molecule has 3 aromatic rings. The molecule has 0 bridgehead atoms. The number of halogens is 3. The van der Waals surface area contributed by atoms with E-state index in [0.717, 1.165) is 51.9 Å². The summed E-state index contributed by atoms with van der Waals surface area (Å²) < 4.78 is 40.7. The molecule has 204 valence electrons. The molecule has 1 atom stereocenters. The number of methoxy groups -OCH3 is 2. The van der Waals surface area contributed by atoms with E-state index in [2.05, 4.69) is 31.0 Å². The third-order valence-corrected chi connectivity index (χ3v) is 7.97. The molecule has 0 aliphatic carbocycles. The number of nitrogens with one attached hydrogen (secondary N) is 1. The third kappa shape index (κ3) is 5.50. The second-order valence-electron chi connectivity index (χ2n) is 9.87. The standard InChI is InChI=1S/C27H32BrF2N5O3/c1-37-23-12-19-22(13-24(23)38-2)31-27(33-26(19)32-25-20(29)10-17(28)11-21(25)30)34-8-5-18(6-9-34)35-7-3-4-16(14-35)15-36/h10-13,16,18,36H,3-9,14-15H2,1-2H3,(H,31,32,33). The summed E-state index contributed by atoms with van der Waals surface area (Å²) in [4.78, 5) is 14.2. The molecule has 38 heavy (non-hydrogen) atoms. The van der Waals surface area contributed by atoms with Crippen molar-refractivity contribution in [1.29, 1.82) is 0 Å². The van der Waals surface area contributed by atoms with Crippen LogP contribution in [0.15, 0.2) is 28.7 Å². The molecule has 1 unspecified atom stereocenters. The van der Waals surface area contributed by atoms with Gasteiger partial charge in [-0.2, -0.15) is 4.98 Å². The van der Waals surface area contributed by atoms with E-state index in [1.165, 1.54) is 19.2 Å². The Balaban J connectivity index is 1.46. The SMILES string of the molecule is COc1cc2nc(N3CCC(N4CCCC(CO)C4)CC3)nc(Nc3c(F)cc(Br)cc3F)c2cc1OC. The van der Waals surface area contributed by atoms with Crippen LogP contribution in [0.25, 0.3) is 10.9 Å². The number of piperidine rings is 2. The Kier molecular flexibility index (Phi) is 8.15. The second-order valence-corrected chi connectivity index (χ2v) is 10.8. The summed E-state index contributed by atoms with van der Waals surface area (Å²) in [5, 5.41) is 13.0. The highest BCUT2D eigenvalue weighted by Gasteiger charge is 2.30. The van der Waals surface area contributed by atoms with Crippen molar-refractivity contribution in [2.75, 3.05) is 57.2 Å². The van der Waals surface area contributed by atoms with Crippen LogP contribution in [0.4, 0.5) is 26.2 Å². The molecule has 3 heterocycles. The van der Waals surface area contributed by atoms with Gasteiger partial charge in [0.25, 0.3) is 0 Å². The van der Waals surface area contributed by atoms with E-state index >= 15 is 0 Å². The van der Waals surface area contributed by atoms with Gasteiger partial charge < -0.3 is 24.8 Å². The van der Waals surface area contributed by atoms with Crippen molar-refractivity contribution >= 4 is 44.3 Å². The molecule has 11 heteroatoms. The molecule has 0 spiro atoms. The van der Waals surface area contributed by atoms with Crippen LogP contribution < -0.4 is 19.7 Å². The zero-order valence-electron chi connectivity index (χ0n) is 21.5. The van der Waals surface area contributed by atoms with Gasteiger partial charge in [0.05, 0.1) is 19.7 Å². The van der Waals surface area contributed by atoms with Gasteiger partial charge in [-0.15, -0.1) is 0 Å². The van der Waals surface area contributed by atoms with Crippen LogP contribution in [-0.4, -0.2) is 73.0 Å². The number of rotatable bonds is 7. The summed E-state index contributed by atoms with van der Waals surface area (Å²) in [6, 6.07) is 6.30. The molecule has 2 N–H and O–H groups in total. The normalized spacial score (nSPS) is 19.1. The Hall–Kier alpha value is -2.76. The highest BCUT2D eigenvalue weighted by Crippen LogP contribution is 2.37. The van der Waals surface area contributed by atoms with Crippen LogP contribution in [0.3, 0.4) is 0 Å². The van der Waals surface area contributed by atoms with E-state index in [1.807, 2.05) is 0 Å². The monoisotopic (exact) mass is 591 g/mol. The zero-order chi connectivity index (χ0) is 26.8. The highest BCUT2D eigenvalue weighted by molar-refractivity contribution is 9.10. The van der Waals surface area contributed by atoms with Gasteiger partial charge in [-0.25, -0.2) is 13.8 Å². The minimum Gasteiger partial charge on any atom is -0.493 e. The van der Waals surface area contributed by atoms with Crippen LogP contribution in [0, 0.1) is 17.6 Å². The summed E-state index contributed by atoms with van der Waals surface area (Å²) in [5.41, 5.74) is 0.271. The van der Waals surface area contributed by atoms with Gasteiger partial charge in [-0.3, -0.25) is 4.90 Å². The summed E-state index contributed by atoms with van der Waals surface area (Å²) >= 11 is 3.13. The molecule has 2 aliphatic heterocycles. The maximum absolute atomic E-state index is 14.7. The maximum atomic E-state index is 14.7. The van der Waals surface area contributed by atoms with Crippen LogP contribution in [0.5, 0.6) is 11.5 Å². The van der Waals surface area contributed by atoms with Crippen LogP contribution in [0.1, 0.15) is 25.7 Å². The van der Waals surface area contributed by atoms with Crippen molar-refractivity contribution in [2.24, 2.45) is 5.92 Å². The Labute approximate surface area is 229 Å². The first kappa shape index (κ1) is 26.8. The predicted octanol–water partition coefficient (Wildman–Crippen LogP) is 5.10. The molecule has 2 aromatic carbocycles. The predicted molar refractivity (Wildman–Crippen MR) is 147 cm³/mol. The Morgan fingerprint density at radius 2 is 1.68 bits per heavy atom. The van der Waals surface area contributed by atoms with Crippen LogP contribution in [0.2, 0.25) is 0 Å². The van der Waals surface area contributed by atoms with Crippen molar-refractivity contribution in [3.63, 3.8) is 0 Å². The average molecular weight is 592 g/mol.